The zero-order valence-corrected chi connectivity index (χ0v) is 15.4. The molecule has 0 aliphatic heterocycles. The van der Waals surface area contributed by atoms with Crippen LogP contribution in [0.5, 0.6) is 0 Å². The van der Waals surface area contributed by atoms with E-state index in [9.17, 15) is 4.79 Å². The highest BCUT2D eigenvalue weighted by atomic mass is 28.2. The first-order valence-corrected chi connectivity index (χ1v) is 9.17. The van der Waals surface area contributed by atoms with Crippen molar-refractivity contribution in [3.63, 3.8) is 0 Å². The molecule has 3 heteroatoms. The van der Waals surface area contributed by atoms with E-state index in [-0.39, 0.29) is 16.9 Å². The summed E-state index contributed by atoms with van der Waals surface area (Å²) in [5.74, 6) is 0.170. The van der Waals surface area contributed by atoms with Crippen molar-refractivity contribution in [1.82, 2.24) is 0 Å². The van der Waals surface area contributed by atoms with Gasteiger partial charge in [0.2, 0.25) is 9.76 Å². The summed E-state index contributed by atoms with van der Waals surface area (Å²) >= 11 is 0. The van der Waals surface area contributed by atoms with Crippen molar-refractivity contribution in [1.29, 1.82) is 0 Å². The smallest absolute Gasteiger partial charge is 0.236 e. The Labute approximate surface area is 146 Å². The second-order valence-corrected chi connectivity index (χ2v) is 9.05. The molecule has 2 nitrogen and oxygen atoms in total. The Morgan fingerprint density at radius 2 is 1.46 bits per heavy atom. The van der Waals surface area contributed by atoms with Crippen LogP contribution in [0.1, 0.15) is 38.3 Å². The summed E-state index contributed by atoms with van der Waals surface area (Å²) in [6.45, 7) is 6.48. The molecule has 0 amide bonds. The second kappa shape index (κ2) is 6.87. The molecule has 2 aromatic rings. The zero-order valence-electron chi connectivity index (χ0n) is 14.4. The van der Waals surface area contributed by atoms with E-state index in [0.717, 1.165) is 22.3 Å². The molecule has 0 fully saturated rings. The first-order chi connectivity index (χ1) is 11.5. The van der Waals surface area contributed by atoms with Crippen LogP contribution in [-0.4, -0.2) is 21.7 Å². The molecule has 3 rings (SSSR count). The van der Waals surface area contributed by atoms with Gasteiger partial charge in [0, 0.05) is 12.0 Å². The van der Waals surface area contributed by atoms with Gasteiger partial charge in [0.15, 0.2) is 5.78 Å². The van der Waals surface area contributed by atoms with Crippen molar-refractivity contribution in [2.24, 2.45) is 0 Å². The third-order valence-electron chi connectivity index (χ3n) is 3.90. The maximum absolute atomic E-state index is 12.8. The third kappa shape index (κ3) is 3.74. The highest BCUT2D eigenvalue weighted by Gasteiger charge is 2.35. The molecule has 122 valence electrons. The van der Waals surface area contributed by atoms with Gasteiger partial charge in [-0.3, -0.25) is 4.79 Å². The summed E-state index contributed by atoms with van der Waals surface area (Å²) in [5.41, 5.74) is 3.89. The topological polar surface area (TPSA) is 26.3 Å². The Bertz CT molecular complexity index is 742. The number of allylic oxidation sites excluding steroid dienone is 1. The van der Waals surface area contributed by atoms with E-state index >= 15 is 0 Å². The Morgan fingerprint density at radius 1 is 0.917 bits per heavy atom. The standard InChI is InChI=1S/C21H22O2Si/c1-21(2,3)24-23-18-14-17(22)19(15-10-6-4-7-11-15)20(18)16-12-8-5-9-13-16/h4-13,18H,14H2,1-3H3. The summed E-state index contributed by atoms with van der Waals surface area (Å²) in [6.07, 6.45) is 0.269. The summed E-state index contributed by atoms with van der Waals surface area (Å²) in [4.78, 5) is 12.8. The number of carbonyl (C=O) groups is 1. The molecule has 0 bridgehead atoms. The van der Waals surface area contributed by atoms with E-state index < -0.39 is 0 Å². The van der Waals surface area contributed by atoms with Gasteiger partial charge in [-0.15, -0.1) is 0 Å². The van der Waals surface area contributed by atoms with Crippen LogP contribution in [0, 0.1) is 0 Å². The van der Waals surface area contributed by atoms with Gasteiger partial charge in [-0.2, -0.15) is 0 Å². The SMILES string of the molecule is CC(C)(C)[Si]OC1CC(=O)C(c2ccccc2)=C1c1ccccc1. The van der Waals surface area contributed by atoms with Crippen LogP contribution in [0.3, 0.4) is 0 Å². The predicted molar refractivity (Wildman–Crippen MR) is 99.7 cm³/mol. The van der Waals surface area contributed by atoms with Crippen LogP contribution in [0.25, 0.3) is 11.1 Å². The van der Waals surface area contributed by atoms with Gasteiger partial charge in [0.25, 0.3) is 0 Å². The minimum absolute atomic E-state index is 0.0976. The quantitative estimate of drug-likeness (QED) is 0.751. The summed E-state index contributed by atoms with van der Waals surface area (Å²) < 4.78 is 6.21. The van der Waals surface area contributed by atoms with Crippen molar-refractivity contribution in [2.45, 2.75) is 38.3 Å². The lowest BCUT2D eigenvalue weighted by Gasteiger charge is -2.22. The maximum Gasteiger partial charge on any atom is 0.236 e. The van der Waals surface area contributed by atoms with E-state index in [0.29, 0.717) is 16.2 Å². The molecule has 2 aromatic carbocycles. The van der Waals surface area contributed by atoms with Crippen molar-refractivity contribution in [2.75, 3.05) is 0 Å². The number of rotatable bonds is 4. The van der Waals surface area contributed by atoms with Crippen LogP contribution >= 0.6 is 0 Å². The average Bonchev–Trinajstić information content (AvgIpc) is 2.90. The molecule has 0 aromatic heterocycles. The summed E-state index contributed by atoms with van der Waals surface area (Å²) in [6, 6.07) is 20.1. The van der Waals surface area contributed by atoms with E-state index in [1.807, 2.05) is 48.5 Å². The van der Waals surface area contributed by atoms with Crippen molar-refractivity contribution >= 4 is 26.7 Å². The normalized spacial score (nSPS) is 18.3. The number of hydrogen-bond donors (Lipinski definition) is 0. The number of carbonyl (C=O) groups excluding carboxylic acids is 1. The maximum atomic E-state index is 12.8. The molecule has 1 aliphatic carbocycles. The zero-order chi connectivity index (χ0) is 17.2. The van der Waals surface area contributed by atoms with Crippen LogP contribution in [-0.2, 0) is 9.22 Å². The lowest BCUT2D eigenvalue weighted by atomic mass is 9.96. The van der Waals surface area contributed by atoms with Gasteiger partial charge in [-0.05, 0) is 21.7 Å². The van der Waals surface area contributed by atoms with Crippen molar-refractivity contribution < 1.29 is 9.22 Å². The molecular formula is C21H22O2Si. The van der Waals surface area contributed by atoms with Gasteiger partial charge < -0.3 is 4.43 Å². The fourth-order valence-corrected chi connectivity index (χ4v) is 3.60. The number of benzene rings is 2. The fourth-order valence-electron chi connectivity index (χ4n) is 2.90. The first kappa shape index (κ1) is 16.9. The van der Waals surface area contributed by atoms with E-state index in [2.05, 4.69) is 32.9 Å². The number of Topliss-reactive ketones (excluding diaryl/α,β-unsaturated/α-hetero) is 1. The Kier molecular flexibility index (Phi) is 4.83. The molecule has 1 unspecified atom stereocenters. The van der Waals surface area contributed by atoms with E-state index in [4.69, 9.17) is 4.43 Å². The minimum Gasteiger partial charge on any atom is -0.409 e. The summed E-state index contributed by atoms with van der Waals surface area (Å²) in [5, 5.41) is 0.0976. The molecule has 0 N–H and O–H groups in total. The van der Waals surface area contributed by atoms with Crippen LogP contribution < -0.4 is 0 Å². The van der Waals surface area contributed by atoms with Gasteiger partial charge >= 0.3 is 0 Å². The average molecular weight is 334 g/mol. The monoisotopic (exact) mass is 334 g/mol. The van der Waals surface area contributed by atoms with Crippen LogP contribution in [0.15, 0.2) is 60.7 Å². The predicted octanol–water partition coefficient (Wildman–Crippen LogP) is 4.79. The molecule has 1 atom stereocenters. The van der Waals surface area contributed by atoms with Gasteiger partial charge in [-0.1, -0.05) is 81.4 Å². The number of ketones is 1. The molecule has 2 radical (unpaired) electrons. The Morgan fingerprint density at radius 3 is 2.00 bits per heavy atom. The highest BCUT2D eigenvalue weighted by molar-refractivity contribution is 6.35. The minimum atomic E-state index is -0.160. The van der Waals surface area contributed by atoms with Crippen molar-refractivity contribution in [3.8, 4) is 0 Å². The second-order valence-electron chi connectivity index (χ2n) is 7.11. The van der Waals surface area contributed by atoms with Gasteiger partial charge in [0.1, 0.15) is 0 Å². The fraction of sp³-hybridized carbons (Fsp3) is 0.286. The Balaban J connectivity index is 2.06. The molecular weight excluding hydrogens is 312 g/mol. The first-order valence-electron chi connectivity index (χ1n) is 8.27. The molecule has 24 heavy (non-hydrogen) atoms. The molecule has 0 heterocycles. The summed E-state index contributed by atoms with van der Waals surface area (Å²) in [7, 11) is 0.357. The van der Waals surface area contributed by atoms with Crippen LogP contribution in [0.2, 0.25) is 5.04 Å². The van der Waals surface area contributed by atoms with E-state index in [1.165, 1.54) is 0 Å². The molecule has 0 saturated heterocycles. The number of hydrogen-bond acceptors (Lipinski definition) is 2. The lowest BCUT2D eigenvalue weighted by molar-refractivity contribution is -0.114. The largest absolute Gasteiger partial charge is 0.409 e. The third-order valence-corrected chi connectivity index (χ3v) is 4.91. The van der Waals surface area contributed by atoms with Gasteiger partial charge in [-0.25, -0.2) is 0 Å². The van der Waals surface area contributed by atoms with Gasteiger partial charge in [0.05, 0.1) is 6.10 Å². The molecule has 0 saturated carbocycles. The van der Waals surface area contributed by atoms with Crippen LogP contribution in [0.4, 0.5) is 0 Å². The highest BCUT2D eigenvalue weighted by Crippen LogP contribution is 2.40. The molecule has 1 aliphatic rings. The van der Waals surface area contributed by atoms with E-state index in [1.54, 1.807) is 0 Å². The molecule has 0 spiro atoms. The lowest BCUT2D eigenvalue weighted by Crippen LogP contribution is -2.21. The van der Waals surface area contributed by atoms with Crippen molar-refractivity contribution in [3.05, 3.63) is 71.8 Å². The Hall–Kier alpha value is -1.97.